The molecule has 1 aliphatic rings. The molecule has 0 unspecified atom stereocenters. The molecule has 0 heterocycles. The van der Waals surface area contributed by atoms with Crippen molar-refractivity contribution in [2.45, 2.75) is 51.9 Å². The minimum atomic E-state index is -0.0591. The number of benzene rings is 5. The maximum atomic E-state index is 3.63. The molecule has 0 fully saturated rings. The van der Waals surface area contributed by atoms with E-state index >= 15 is 0 Å². The Bertz CT molecular complexity index is 1710. The van der Waals surface area contributed by atoms with Crippen molar-refractivity contribution in [1.29, 1.82) is 0 Å². The molecule has 47 heavy (non-hydrogen) atoms. The van der Waals surface area contributed by atoms with Crippen LogP contribution in [0.2, 0.25) is 0 Å². The summed E-state index contributed by atoms with van der Waals surface area (Å²) in [6.45, 7) is 11.4. The van der Waals surface area contributed by atoms with Crippen LogP contribution < -0.4 is 24.8 Å². The first-order valence-corrected chi connectivity index (χ1v) is 17.0. The summed E-state index contributed by atoms with van der Waals surface area (Å²) in [5.74, 6) is 0. The zero-order chi connectivity index (χ0) is 31.9. The van der Waals surface area contributed by atoms with Gasteiger partial charge in [-0.25, -0.2) is 12.1 Å². The van der Waals surface area contributed by atoms with Gasteiger partial charge in [0.15, 0.2) is 0 Å². The first kappa shape index (κ1) is 38.2. The number of halogens is 2. The second kappa shape index (κ2) is 17.3. The van der Waals surface area contributed by atoms with Gasteiger partial charge in [-0.2, -0.15) is 42.0 Å². The molecular weight excluding hydrogens is 691 g/mol. The van der Waals surface area contributed by atoms with Gasteiger partial charge in [0.1, 0.15) is 0 Å². The summed E-state index contributed by atoms with van der Waals surface area (Å²) in [5.41, 5.74) is 12.1. The van der Waals surface area contributed by atoms with Gasteiger partial charge < -0.3 is 24.8 Å². The first-order chi connectivity index (χ1) is 21.7. The normalized spacial score (nSPS) is 11.2. The first-order valence-electron chi connectivity index (χ1n) is 15.7. The molecule has 0 radical (unpaired) electrons. The SMILES string of the molecule is CC(C)(c1ccccc1)c1c[c-]c2c(c1)-c1cc(C(C)(C)c3ccccc3)ccc1C2.C[C](=[Zr+2])c1ccccc1.[Cl-].[Cl-].c1cc[cH-]c1. The van der Waals surface area contributed by atoms with Gasteiger partial charge in [-0.3, -0.25) is 0 Å². The van der Waals surface area contributed by atoms with Crippen LogP contribution in [0.25, 0.3) is 11.1 Å². The van der Waals surface area contributed by atoms with Crippen molar-refractivity contribution in [1.82, 2.24) is 0 Å². The van der Waals surface area contributed by atoms with Gasteiger partial charge in [-0.05, 0) is 28.5 Å². The third kappa shape index (κ3) is 9.23. The molecule has 0 aromatic heterocycles. The van der Waals surface area contributed by atoms with E-state index < -0.39 is 0 Å². The van der Waals surface area contributed by atoms with Crippen LogP contribution in [0, 0.1) is 6.07 Å². The molecule has 0 saturated carbocycles. The second-order valence-electron chi connectivity index (χ2n) is 12.8. The van der Waals surface area contributed by atoms with Gasteiger partial charge in [0.2, 0.25) is 0 Å². The number of hydrogen-bond acceptors (Lipinski definition) is 0. The van der Waals surface area contributed by atoms with Crippen molar-refractivity contribution >= 4 is 3.21 Å². The van der Waals surface area contributed by atoms with Crippen molar-refractivity contribution in [3.05, 3.63) is 197 Å². The fraction of sp³-hybridized carbons (Fsp3) is 0.182. The van der Waals surface area contributed by atoms with E-state index in [1.165, 1.54) is 77.5 Å². The predicted octanol–water partition coefficient (Wildman–Crippen LogP) is 4.90. The van der Waals surface area contributed by atoms with Crippen molar-refractivity contribution in [2.75, 3.05) is 0 Å². The molecule has 0 saturated heterocycles. The number of hydrogen-bond donors (Lipinski definition) is 0. The van der Waals surface area contributed by atoms with E-state index in [1.54, 1.807) is 0 Å². The molecule has 3 heteroatoms. The smallest absolute Gasteiger partial charge is 0.172 e. The van der Waals surface area contributed by atoms with Crippen LogP contribution >= 0.6 is 0 Å². The van der Waals surface area contributed by atoms with Crippen LogP contribution in [0.15, 0.2) is 152 Å². The molecule has 6 aromatic rings. The Morgan fingerprint density at radius 1 is 0.596 bits per heavy atom. The summed E-state index contributed by atoms with van der Waals surface area (Å²) in [4.78, 5) is 0. The molecular formula is C44H42Cl2Zr-2. The van der Waals surface area contributed by atoms with Crippen LogP contribution in [-0.4, -0.2) is 3.21 Å². The monoisotopic (exact) mass is 730 g/mol. The summed E-state index contributed by atoms with van der Waals surface area (Å²) < 4.78 is 1.46. The molecule has 0 amide bonds. The number of fused-ring (bicyclic) bond motifs is 3. The van der Waals surface area contributed by atoms with Gasteiger partial charge in [-0.15, -0.1) is 11.1 Å². The minimum absolute atomic E-state index is 0. The Morgan fingerprint density at radius 3 is 1.55 bits per heavy atom. The molecule has 7 rings (SSSR count). The molecule has 6 aromatic carbocycles. The van der Waals surface area contributed by atoms with E-state index in [-0.39, 0.29) is 35.6 Å². The van der Waals surface area contributed by atoms with Gasteiger partial charge in [-0.1, -0.05) is 118 Å². The largest absolute Gasteiger partial charge is 1.00 e. The third-order valence-corrected chi connectivity index (χ3v) is 9.70. The van der Waals surface area contributed by atoms with Gasteiger partial charge >= 0.3 is 70.3 Å². The van der Waals surface area contributed by atoms with Gasteiger partial charge in [0.05, 0.1) is 0 Å². The van der Waals surface area contributed by atoms with E-state index in [1.807, 2.05) is 36.4 Å². The fourth-order valence-corrected chi connectivity index (χ4v) is 6.30. The van der Waals surface area contributed by atoms with Crippen molar-refractivity contribution in [3.8, 4) is 11.1 Å². The maximum Gasteiger partial charge on any atom is -0.172 e. The molecule has 0 atom stereocenters. The average molecular weight is 733 g/mol. The summed E-state index contributed by atoms with van der Waals surface area (Å²) in [6, 6.07) is 57.4. The Hall–Kier alpha value is -3.22. The second-order valence-corrected chi connectivity index (χ2v) is 14.6. The Morgan fingerprint density at radius 2 is 1.09 bits per heavy atom. The Balaban J connectivity index is 0.000000312. The van der Waals surface area contributed by atoms with Crippen LogP contribution in [0.4, 0.5) is 0 Å². The minimum Gasteiger partial charge on any atom is -1.00 e. The van der Waals surface area contributed by atoms with Crippen LogP contribution in [-0.2, 0) is 41.5 Å². The molecule has 0 nitrogen and oxygen atoms in total. The molecule has 1 aliphatic carbocycles. The van der Waals surface area contributed by atoms with Crippen molar-refractivity contribution in [2.24, 2.45) is 0 Å². The predicted molar refractivity (Wildman–Crippen MR) is 189 cm³/mol. The van der Waals surface area contributed by atoms with E-state index in [0.29, 0.717) is 0 Å². The van der Waals surface area contributed by atoms with Crippen LogP contribution in [0.1, 0.15) is 73.6 Å². The van der Waals surface area contributed by atoms with Crippen molar-refractivity contribution < 1.29 is 49.0 Å². The van der Waals surface area contributed by atoms with E-state index in [0.717, 1.165) is 6.42 Å². The maximum absolute atomic E-state index is 3.63. The molecule has 238 valence electrons. The zero-order valence-corrected chi connectivity index (χ0v) is 31.9. The Labute approximate surface area is 309 Å². The summed E-state index contributed by atoms with van der Waals surface area (Å²) >= 11 is 1.51. The average Bonchev–Trinajstić information content (AvgIpc) is 3.78. The Kier molecular flexibility index (Phi) is 14.0. The number of rotatable bonds is 5. The van der Waals surface area contributed by atoms with Gasteiger partial charge in [0.25, 0.3) is 0 Å². The summed E-state index contributed by atoms with van der Waals surface area (Å²) in [6.07, 6.45) is 0.975. The fourth-order valence-electron chi connectivity index (χ4n) is 5.89. The zero-order valence-electron chi connectivity index (χ0n) is 27.9. The van der Waals surface area contributed by atoms with E-state index in [2.05, 4.69) is 156 Å². The molecule has 0 aliphatic heterocycles. The third-order valence-electron chi connectivity index (χ3n) is 8.99. The van der Waals surface area contributed by atoms with Gasteiger partial charge in [0, 0.05) is 5.41 Å². The van der Waals surface area contributed by atoms with Crippen LogP contribution in [0.5, 0.6) is 0 Å². The van der Waals surface area contributed by atoms with E-state index in [9.17, 15) is 0 Å². The summed E-state index contributed by atoms with van der Waals surface area (Å²) in [5, 5.41) is 0. The molecule has 0 spiro atoms. The van der Waals surface area contributed by atoms with E-state index in [4.69, 9.17) is 0 Å². The molecule has 0 N–H and O–H groups in total. The molecule has 0 bridgehead atoms. The topological polar surface area (TPSA) is 0 Å². The summed E-state index contributed by atoms with van der Waals surface area (Å²) in [7, 11) is 0. The van der Waals surface area contributed by atoms with Crippen molar-refractivity contribution in [3.63, 3.8) is 0 Å². The quantitative estimate of drug-likeness (QED) is 0.221. The standard InChI is InChI=1S/C31H29.C8H8.C5H5.2ClH.Zr/c1-30(2,24-11-7-5-8-12-24)26-17-15-22-19-23-16-18-27(21-29(23)28(22)20-26)31(3,4)25-13-9-6-10-14-25;1-2-8-6-4-3-5-7-8;1-2-4-5-3-1;;;/h5-15,17-18,20-21H,19H2,1-4H3;3-7H,1H3;1-5H;2*1H;/q-1;;-1;;;+2/p-2. The van der Waals surface area contributed by atoms with Crippen LogP contribution in [0.3, 0.4) is 0 Å².